The summed E-state index contributed by atoms with van der Waals surface area (Å²) in [6.07, 6.45) is 3.39. The van der Waals surface area contributed by atoms with E-state index in [1.54, 1.807) is 6.07 Å². The van der Waals surface area contributed by atoms with Gasteiger partial charge in [0.25, 0.3) is 0 Å². The third-order valence-electron chi connectivity index (χ3n) is 8.20. The monoisotopic (exact) mass is 686 g/mol. The van der Waals surface area contributed by atoms with Crippen LogP contribution in [0.15, 0.2) is 84.9 Å². The molecule has 0 atom stereocenters. The minimum Gasteiger partial charge on any atom is -0.429 e. The van der Waals surface area contributed by atoms with Crippen LogP contribution < -0.4 is 4.74 Å². The van der Waals surface area contributed by atoms with Crippen LogP contribution in [0.1, 0.15) is 56.6 Å². The summed E-state index contributed by atoms with van der Waals surface area (Å²) in [5.41, 5.74) is 0.0362. The van der Waals surface area contributed by atoms with Crippen LogP contribution in [0.25, 0.3) is 33.4 Å². The van der Waals surface area contributed by atoms with Gasteiger partial charge in [0.05, 0.1) is 0 Å². The van der Waals surface area contributed by atoms with Crippen molar-refractivity contribution in [1.82, 2.24) is 0 Å². The SMILES string of the molecule is CCCCCCCCc1ccc(-c2ccc(-c3ccc(-c4cc(F)c(C(F)(F)Oc5cc(F)c(F)c(F)c5)c(F)c4)c(F)c3)c(F)c2)cc1. The van der Waals surface area contributed by atoms with Crippen molar-refractivity contribution in [2.45, 2.75) is 58.0 Å². The first-order valence-electron chi connectivity index (χ1n) is 15.8. The van der Waals surface area contributed by atoms with E-state index in [1.165, 1.54) is 55.9 Å². The van der Waals surface area contributed by atoms with Gasteiger partial charge in [0.1, 0.15) is 34.6 Å². The highest BCUT2D eigenvalue weighted by Crippen LogP contribution is 2.39. The Labute approximate surface area is 278 Å². The van der Waals surface area contributed by atoms with Gasteiger partial charge in [-0.3, -0.25) is 0 Å². The molecule has 0 aliphatic carbocycles. The van der Waals surface area contributed by atoms with E-state index in [-0.39, 0.29) is 28.8 Å². The van der Waals surface area contributed by atoms with Crippen LogP contribution in [0.4, 0.5) is 39.5 Å². The summed E-state index contributed by atoms with van der Waals surface area (Å²) >= 11 is 0. The number of alkyl halides is 2. The Balaban J connectivity index is 1.31. The maximum absolute atomic E-state index is 15.3. The fourth-order valence-electron chi connectivity index (χ4n) is 5.62. The molecule has 0 bridgehead atoms. The molecule has 0 aliphatic heterocycles. The van der Waals surface area contributed by atoms with E-state index < -0.39 is 63.7 Å². The molecule has 0 aromatic heterocycles. The maximum atomic E-state index is 15.3. The molecule has 256 valence electrons. The molecule has 5 rings (SSSR count). The van der Waals surface area contributed by atoms with Crippen molar-refractivity contribution in [2.24, 2.45) is 0 Å². The van der Waals surface area contributed by atoms with Gasteiger partial charge in [-0.05, 0) is 64.9 Å². The van der Waals surface area contributed by atoms with Gasteiger partial charge in [-0.2, -0.15) is 8.78 Å². The first-order chi connectivity index (χ1) is 23.4. The summed E-state index contributed by atoms with van der Waals surface area (Å²) in [7, 11) is 0. The van der Waals surface area contributed by atoms with Gasteiger partial charge < -0.3 is 4.74 Å². The van der Waals surface area contributed by atoms with E-state index in [1.807, 2.05) is 24.3 Å². The third kappa shape index (κ3) is 8.29. The molecular weight excluding hydrogens is 655 g/mol. The maximum Gasteiger partial charge on any atom is 0.432 e. The third-order valence-corrected chi connectivity index (χ3v) is 8.20. The van der Waals surface area contributed by atoms with Crippen LogP contribution in [0.2, 0.25) is 0 Å². The molecule has 0 unspecified atom stereocenters. The van der Waals surface area contributed by atoms with E-state index in [9.17, 15) is 30.7 Å². The highest BCUT2D eigenvalue weighted by Gasteiger charge is 2.41. The second kappa shape index (κ2) is 15.2. The van der Waals surface area contributed by atoms with Gasteiger partial charge >= 0.3 is 6.11 Å². The molecule has 0 heterocycles. The van der Waals surface area contributed by atoms with Crippen molar-refractivity contribution >= 4 is 0 Å². The van der Waals surface area contributed by atoms with Crippen molar-refractivity contribution in [3.8, 4) is 39.1 Å². The minimum absolute atomic E-state index is 0.0621. The highest BCUT2D eigenvalue weighted by atomic mass is 19.3. The Bertz CT molecular complexity index is 1890. The Hall–Kier alpha value is -4.73. The molecule has 0 amide bonds. The number of ether oxygens (including phenoxy) is 1. The molecule has 0 saturated heterocycles. The first-order valence-corrected chi connectivity index (χ1v) is 15.8. The van der Waals surface area contributed by atoms with Crippen LogP contribution in [0.3, 0.4) is 0 Å². The second-order valence-corrected chi connectivity index (χ2v) is 11.7. The van der Waals surface area contributed by atoms with Gasteiger partial charge in [-0.1, -0.05) is 87.6 Å². The Morgan fingerprint density at radius 1 is 0.490 bits per heavy atom. The molecule has 0 radical (unpaired) electrons. The number of benzene rings is 5. The minimum atomic E-state index is -4.80. The largest absolute Gasteiger partial charge is 0.432 e. The molecule has 0 N–H and O–H groups in total. The molecule has 5 aromatic carbocycles. The smallest absolute Gasteiger partial charge is 0.429 e. The number of halogens is 9. The van der Waals surface area contributed by atoms with Crippen LogP contribution in [-0.4, -0.2) is 0 Å². The Kier molecular flexibility index (Phi) is 11.1. The number of aryl methyl sites for hydroxylation is 1. The molecule has 0 saturated carbocycles. The van der Waals surface area contributed by atoms with Gasteiger partial charge in [0, 0.05) is 23.3 Å². The Morgan fingerprint density at radius 2 is 0.980 bits per heavy atom. The van der Waals surface area contributed by atoms with Gasteiger partial charge in [0.2, 0.25) is 0 Å². The lowest BCUT2D eigenvalue weighted by Crippen LogP contribution is -2.25. The number of unbranched alkanes of at least 4 members (excludes halogenated alkanes) is 5. The summed E-state index contributed by atoms with van der Waals surface area (Å²) in [6.45, 7) is 2.18. The van der Waals surface area contributed by atoms with Crippen LogP contribution >= 0.6 is 0 Å². The normalized spacial score (nSPS) is 11.6. The van der Waals surface area contributed by atoms with E-state index in [0.717, 1.165) is 30.5 Å². The number of hydrogen-bond acceptors (Lipinski definition) is 1. The molecule has 10 heteroatoms. The summed E-state index contributed by atoms with van der Waals surface area (Å²) in [4.78, 5) is 0. The molecule has 1 nitrogen and oxygen atoms in total. The van der Waals surface area contributed by atoms with Crippen LogP contribution in [0.5, 0.6) is 5.75 Å². The van der Waals surface area contributed by atoms with E-state index in [4.69, 9.17) is 0 Å². The average molecular weight is 687 g/mol. The number of rotatable bonds is 13. The van der Waals surface area contributed by atoms with Crippen LogP contribution in [0, 0.1) is 40.7 Å². The molecule has 0 spiro atoms. The lowest BCUT2D eigenvalue weighted by atomic mass is 9.96. The van der Waals surface area contributed by atoms with Crippen molar-refractivity contribution in [2.75, 3.05) is 0 Å². The summed E-state index contributed by atoms with van der Waals surface area (Å²) < 4.78 is 134. The second-order valence-electron chi connectivity index (χ2n) is 11.7. The van der Waals surface area contributed by atoms with Crippen molar-refractivity contribution in [1.29, 1.82) is 0 Å². The van der Waals surface area contributed by atoms with Crippen LogP contribution in [-0.2, 0) is 12.5 Å². The predicted molar refractivity (Wildman–Crippen MR) is 170 cm³/mol. The molecule has 5 aromatic rings. The fraction of sp³-hybridized carbons (Fsp3) is 0.231. The van der Waals surface area contributed by atoms with Gasteiger partial charge in [0.15, 0.2) is 17.5 Å². The standard InChI is InChI=1S/C39H31F9O/c1-2-3-4-5-6-7-8-23-9-11-24(12-10-23)25-13-15-29(31(40)17-25)26-14-16-30(32(41)18-26)27-19-33(42)37(34(43)20-27)39(47,48)49-28-21-35(44)38(46)36(45)22-28/h9-22H,2-8H2,1H3. The Morgan fingerprint density at radius 3 is 1.57 bits per heavy atom. The zero-order valence-electron chi connectivity index (χ0n) is 26.3. The molecule has 49 heavy (non-hydrogen) atoms. The highest BCUT2D eigenvalue weighted by molar-refractivity contribution is 5.74. The average Bonchev–Trinajstić information content (AvgIpc) is 3.04. The van der Waals surface area contributed by atoms with E-state index in [0.29, 0.717) is 17.7 Å². The lowest BCUT2D eigenvalue weighted by molar-refractivity contribution is -0.189. The lowest BCUT2D eigenvalue weighted by Gasteiger charge is -2.20. The zero-order chi connectivity index (χ0) is 35.3. The van der Waals surface area contributed by atoms with E-state index >= 15 is 8.78 Å². The predicted octanol–water partition coefficient (Wildman–Crippen LogP) is 12.7. The molecule has 0 aliphatic rings. The topological polar surface area (TPSA) is 9.23 Å². The fourth-order valence-corrected chi connectivity index (χ4v) is 5.62. The van der Waals surface area contributed by atoms with E-state index in [2.05, 4.69) is 11.7 Å². The summed E-state index contributed by atoms with van der Waals surface area (Å²) in [5, 5.41) is 0. The molecular formula is C39H31F9O. The zero-order valence-corrected chi connectivity index (χ0v) is 26.3. The van der Waals surface area contributed by atoms with Crippen molar-refractivity contribution in [3.63, 3.8) is 0 Å². The quantitative estimate of drug-likeness (QED) is 0.0681. The van der Waals surface area contributed by atoms with Gasteiger partial charge in [-0.15, -0.1) is 0 Å². The molecule has 0 fully saturated rings. The van der Waals surface area contributed by atoms with Gasteiger partial charge in [-0.25, -0.2) is 30.7 Å². The van der Waals surface area contributed by atoms with Crippen molar-refractivity contribution in [3.05, 3.63) is 137 Å². The first kappa shape index (κ1) is 35.6. The summed E-state index contributed by atoms with van der Waals surface area (Å²) in [5.74, 6) is -12.3. The van der Waals surface area contributed by atoms with Crippen molar-refractivity contribution < 1.29 is 44.3 Å². The number of hydrogen-bond donors (Lipinski definition) is 0. The summed E-state index contributed by atoms with van der Waals surface area (Å²) in [6, 6.07) is 16.8.